The van der Waals surface area contributed by atoms with Crippen molar-refractivity contribution in [1.29, 1.82) is 0 Å². The first kappa shape index (κ1) is 19.1. The summed E-state index contributed by atoms with van der Waals surface area (Å²) in [6.07, 6.45) is 15.7. The highest BCUT2D eigenvalue weighted by atomic mass is 35.7. The van der Waals surface area contributed by atoms with Gasteiger partial charge >= 0.3 is 0 Å². The zero-order valence-electron chi connectivity index (χ0n) is 14.2. The van der Waals surface area contributed by atoms with Crippen molar-refractivity contribution in [2.75, 3.05) is 6.61 Å². The van der Waals surface area contributed by atoms with Crippen molar-refractivity contribution >= 4 is 29.6 Å². The van der Waals surface area contributed by atoms with E-state index in [0.717, 1.165) is 36.8 Å². The molecule has 0 amide bonds. The molecule has 2 saturated carbocycles. The van der Waals surface area contributed by atoms with Crippen LogP contribution in [0.4, 0.5) is 0 Å². The number of ether oxygens (including phenoxy) is 1. The SMILES string of the molecule is CCC[C@H]1CC[C@H]([C@H]2CC[C@H](OCCC[SiH](Cl)Cl)CC2)CC1. The fraction of sp³-hybridized carbons (Fsp3) is 1.00. The van der Waals surface area contributed by atoms with E-state index in [0.29, 0.717) is 6.10 Å². The first-order valence-corrected chi connectivity index (χ1v) is 13.9. The number of rotatable bonds is 8. The second-order valence-electron chi connectivity index (χ2n) is 7.51. The molecule has 2 aliphatic rings. The summed E-state index contributed by atoms with van der Waals surface area (Å²) in [5.74, 6) is 3.05. The van der Waals surface area contributed by atoms with Crippen LogP contribution in [0.5, 0.6) is 0 Å². The van der Waals surface area contributed by atoms with Crippen LogP contribution in [0.15, 0.2) is 0 Å². The van der Waals surface area contributed by atoms with E-state index in [9.17, 15) is 0 Å². The monoisotopic (exact) mass is 364 g/mol. The summed E-state index contributed by atoms with van der Waals surface area (Å²) < 4.78 is 6.02. The molecule has 0 spiro atoms. The highest BCUT2D eigenvalue weighted by molar-refractivity contribution is 7.33. The van der Waals surface area contributed by atoms with Gasteiger partial charge in [-0.2, -0.15) is 22.2 Å². The zero-order chi connectivity index (χ0) is 15.8. The van der Waals surface area contributed by atoms with Gasteiger partial charge in [0.1, 0.15) is 0 Å². The maximum atomic E-state index is 6.02. The largest absolute Gasteiger partial charge is 0.378 e. The van der Waals surface area contributed by atoms with Gasteiger partial charge in [0.15, 0.2) is 0 Å². The highest BCUT2D eigenvalue weighted by Gasteiger charge is 2.30. The average Bonchev–Trinajstić information content (AvgIpc) is 2.53. The van der Waals surface area contributed by atoms with Crippen LogP contribution in [0.2, 0.25) is 6.04 Å². The Morgan fingerprint density at radius 2 is 1.50 bits per heavy atom. The Bertz CT molecular complexity index is 285. The van der Waals surface area contributed by atoms with Gasteiger partial charge in [-0.15, -0.1) is 0 Å². The van der Waals surface area contributed by atoms with Gasteiger partial charge in [0.2, 0.25) is 7.42 Å². The van der Waals surface area contributed by atoms with Crippen LogP contribution >= 0.6 is 22.2 Å². The molecular weight excluding hydrogens is 331 g/mol. The van der Waals surface area contributed by atoms with Gasteiger partial charge < -0.3 is 4.74 Å². The molecular formula is C18H34Cl2OSi. The molecule has 0 N–H and O–H groups in total. The number of hydrogen-bond donors (Lipinski definition) is 0. The van der Waals surface area contributed by atoms with E-state index in [1.807, 2.05) is 0 Å². The molecule has 0 aliphatic heterocycles. The Morgan fingerprint density at radius 1 is 0.909 bits per heavy atom. The molecule has 0 aromatic heterocycles. The molecule has 0 aromatic carbocycles. The third kappa shape index (κ3) is 6.71. The summed E-state index contributed by atoms with van der Waals surface area (Å²) in [6.45, 7) is 3.19. The molecule has 22 heavy (non-hydrogen) atoms. The number of halogens is 2. The van der Waals surface area contributed by atoms with Crippen LogP contribution in [0.3, 0.4) is 0 Å². The van der Waals surface area contributed by atoms with Gasteiger partial charge in [0, 0.05) is 6.61 Å². The fourth-order valence-corrected chi connectivity index (χ4v) is 5.97. The minimum absolute atomic E-state index is 0.512. The predicted molar refractivity (Wildman–Crippen MR) is 100 cm³/mol. The summed E-state index contributed by atoms with van der Waals surface area (Å²) in [6, 6.07) is 0.986. The van der Waals surface area contributed by atoms with E-state index in [1.165, 1.54) is 64.2 Å². The van der Waals surface area contributed by atoms with Gasteiger partial charge in [-0.05, 0) is 68.7 Å². The van der Waals surface area contributed by atoms with Crippen molar-refractivity contribution in [3.05, 3.63) is 0 Å². The van der Waals surface area contributed by atoms with E-state index in [4.69, 9.17) is 26.9 Å². The van der Waals surface area contributed by atoms with E-state index in [1.54, 1.807) is 0 Å². The minimum Gasteiger partial charge on any atom is -0.378 e. The van der Waals surface area contributed by atoms with Gasteiger partial charge in [0.25, 0.3) is 0 Å². The molecule has 0 saturated heterocycles. The Morgan fingerprint density at radius 3 is 2.05 bits per heavy atom. The summed E-state index contributed by atoms with van der Waals surface area (Å²) in [5, 5.41) is 0. The lowest BCUT2D eigenvalue weighted by Crippen LogP contribution is -2.28. The van der Waals surface area contributed by atoms with Crippen LogP contribution in [0.25, 0.3) is 0 Å². The molecule has 0 bridgehead atoms. The van der Waals surface area contributed by atoms with Crippen molar-refractivity contribution in [1.82, 2.24) is 0 Å². The Balaban J connectivity index is 1.57. The summed E-state index contributed by atoms with van der Waals surface area (Å²) in [5.41, 5.74) is 0. The highest BCUT2D eigenvalue weighted by Crippen LogP contribution is 2.41. The minimum atomic E-state index is -1.42. The molecule has 0 radical (unpaired) electrons. The smallest absolute Gasteiger partial charge is 0.237 e. The first-order valence-electron chi connectivity index (χ1n) is 9.58. The Hall–Kier alpha value is 0.757. The lowest BCUT2D eigenvalue weighted by molar-refractivity contribution is 0.00730. The van der Waals surface area contributed by atoms with Crippen molar-refractivity contribution in [2.45, 2.75) is 89.7 Å². The average molecular weight is 365 g/mol. The standard InChI is InChI=1S/C18H34Cl2OSi/c1-2-4-15-5-7-16(8-6-15)17-9-11-18(12-10-17)21-13-3-14-22(19)20/h15-18,22H,2-14H2,1H3/t15-,16-,17-,18-. The molecule has 0 aromatic rings. The van der Waals surface area contributed by atoms with Crippen LogP contribution in [0, 0.1) is 17.8 Å². The quantitative estimate of drug-likeness (QED) is 0.280. The molecule has 2 fully saturated rings. The van der Waals surface area contributed by atoms with Crippen molar-refractivity contribution in [3.8, 4) is 0 Å². The summed E-state index contributed by atoms with van der Waals surface area (Å²) in [4.78, 5) is 0. The van der Waals surface area contributed by atoms with E-state index < -0.39 is 7.42 Å². The van der Waals surface area contributed by atoms with Gasteiger partial charge in [0.05, 0.1) is 6.10 Å². The Kier molecular flexibility index (Phi) is 9.18. The van der Waals surface area contributed by atoms with Crippen LogP contribution in [-0.4, -0.2) is 20.1 Å². The molecule has 1 nitrogen and oxygen atoms in total. The maximum absolute atomic E-state index is 6.02. The third-order valence-corrected chi connectivity index (χ3v) is 8.05. The lowest BCUT2D eigenvalue weighted by atomic mass is 9.70. The normalized spacial score (nSPS) is 33.3. The van der Waals surface area contributed by atoms with E-state index in [-0.39, 0.29) is 0 Å². The topological polar surface area (TPSA) is 9.23 Å². The zero-order valence-corrected chi connectivity index (χ0v) is 16.9. The molecule has 2 rings (SSSR count). The van der Waals surface area contributed by atoms with Crippen molar-refractivity contribution in [3.63, 3.8) is 0 Å². The van der Waals surface area contributed by atoms with Crippen LogP contribution in [0.1, 0.15) is 77.6 Å². The number of hydrogen-bond acceptors (Lipinski definition) is 1. The fourth-order valence-electron chi connectivity index (χ4n) is 4.57. The lowest BCUT2D eigenvalue weighted by Gasteiger charge is -2.37. The molecule has 130 valence electrons. The van der Waals surface area contributed by atoms with Gasteiger partial charge in [-0.1, -0.05) is 32.6 Å². The van der Waals surface area contributed by atoms with Gasteiger partial charge in [-0.25, -0.2) is 0 Å². The van der Waals surface area contributed by atoms with Crippen LogP contribution in [-0.2, 0) is 4.74 Å². The second-order valence-corrected chi connectivity index (χ2v) is 12.7. The van der Waals surface area contributed by atoms with Crippen molar-refractivity contribution < 1.29 is 4.74 Å². The van der Waals surface area contributed by atoms with E-state index in [2.05, 4.69) is 6.92 Å². The summed E-state index contributed by atoms with van der Waals surface area (Å²) in [7, 11) is -1.42. The molecule has 2 aliphatic carbocycles. The second kappa shape index (κ2) is 10.6. The predicted octanol–water partition coefficient (Wildman–Crippen LogP) is 6.26. The van der Waals surface area contributed by atoms with Crippen LogP contribution < -0.4 is 0 Å². The Labute approximate surface area is 148 Å². The molecule has 0 unspecified atom stereocenters. The summed E-state index contributed by atoms with van der Waals surface area (Å²) >= 11 is 11.8. The van der Waals surface area contributed by atoms with E-state index >= 15 is 0 Å². The molecule has 0 heterocycles. The maximum Gasteiger partial charge on any atom is 0.237 e. The van der Waals surface area contributed by atoms with Crippen molar-refractivity contribution in [2.24, 2.45) is 17.8 Å². The van der Waals surface area contributed by atoms with Gasteiger partial charge in [-0.3, -0.25) is 0 Å². The first-order chi connectivity index (χ1) is 10.7. The molecule has 0 atom stereocenters. The third-order valence-electron chi connectivity index (χ3n) is 5.89. The molecule has 4 heteroatoms.